The maximum absolute atomic E-state index is 12.7. The molecule has 0 N–H and O–H groups in total. The first-order valence-electron chi connectivity index (χ1n) is 8.55. The lowest BCUT2D eigenvalue weighted by atomic mass is 10.1. The second kappa shape index (κ2) is 7.13. The van der Waals surface area contributed by atoms with Gasteiger partial charge in [0.15, 0.2) is 11.5 Å². The largest absolute Gasteiger partial charge is 0.441 e. The number of fused-ring (bicyclic) bond motifs is 1. The summed E-state index contributed by atoms with van der Waals surface area (Å²) in [6.07, 6.45) is 1.51. The Morgan fingerprint density at radius 3 is 2.64 bits per heavy atom. The Kier molecular flexibility index (Phi) is 5.10. The van der Waals surface area contributed by atoms with Gasteiger partial charge in [0, 0.05) is 38.7 Å². The summed E-state index contributed by atoms with van der Waals surface area (Å²) in [5.41, 5.74) is 1.84. The molecule has 0 radical (unpaired) electrons. The van der Waals surface area contributed by atoms with Crippen molar-refractivity contribution in [3.05, 3.63) is 29.7 Å². The number of aryl methyl sites for hydroxylation is 1. The topological polar surface area (TPSA) is 83.7 Å². The van der Waals surface area contributed by atoms with Crippen LogP contribution in [0, 0.1) is 6.92 Å². The Hall–Kier alpha value is -1.93. The minimum Gasteiger partial charge on any atom is -0.441 e. The third-order valence-corrected chi connectivity index (χ3v) is 6.37. The van der Waals surface area contributed by atoms with Gasteiger partial charge in [-0.3, -0.25) is 4.79 Å². The number of unbranched alkanes of at least 4 members (excludes halogenated alkanes) is 1. The molecule has 1 aromatic heterocycles. The summed E-state index contributed by atoms with van der Waals surface area (Å²) < 4.78 is 31.5. The first-order chi connectivity index (χ1) is 11.9. The lowest BCUT2D eigenvalue weighted by Gasteiger charge is -2.34. The first-order valence-corrected chi connectivity index (χ1v) is 10.2. The van der Waals surface area contributed by atoms with E-state index in [0.29, 0.717) is 49.6 Å². The SMILES string of the molecule is CCCCS(=O)(=O)N1CCN(C(=O)c2ccc3nc(C)oc3c2)CC1. The van der Waals surface area contributed by atoms with Crippen molar-refractivity contribution in [1.29, 1.82) is 0 Å². The van der Waals surface area contributed by atoms with Crippen LogP contribution in [0.15, 0.2) is 22.6 Å². The lowest BCUT2D eigenvalue weighted by Crippen LogP contribution is -2.51. The monoisotopic (exact) mass is 365 g/mol. The summed E-state index contributed by atoms with van der Waals surface area (Å²) in [5.74, 6) is 0.631. The number of piperazine rings is 1. The Morgan fingerprint density at radius 1 is 1.24 bits per heavy atom. The average Bonchev–Trinajstić information content (AvgIpc) is 2.98. The van der Waals surface area contributed by atoms with Crippen LogP contribution in [0.5, 0.6) is 0 Å². The molecule has 1 aliphatic rings. The van der Waals surface area contributed by atoms with Crippen LogP contribution in [-0.2, 0) is 10.0 Å². The van der Waals surface area contributed by atoms with Gasteiger partial charge < -0.3 is 9.32 Å². The minimum atomic E-state index is -3.21. The van der Waals surface area contributed by atoms with Crippen LogP contribution in [0.3, 0.4) is 0 Å². The highest BCUT2D eigenvalue weighted by Crippen LogP contribution is 2.19. The molecule has 2 heterocycles. The number of oxazole rings is 1. The zero-order chi connectivity index (χ0) is 18.0. The van der Waals surface area contributed by atoms with Gasteiger partial charge >= 0.3 is 0 Å². The zero-order valence-electron chi connectivity index (χ0n) is 14.6. The molecule has 3 rings (SSSR count). The summed E-state index contributed by atoms with van der Waals surface area (Å²) >= 11 is 0. The standard InChI is InChI=1S/C17H23N3O4S/c1-3-4-11-25(22,23)20-9-7-19(8-10-20)17(21)14-5-6-15-16(12-14)24-13(2)18-15/h5-6,12H,3-4,7-11H2,1-2H3. The molecular weight excluding hydrogens is 342 g/mol. The zero-order valence-corrected chi connectivity index (χ0v) is 15.4. The van der Waals surface area contributed by atoms with Crippen molar-refractivity contribution in [2.45, 2.75) is 26.7 Å². The van der Waals surface area contributed by atoms with E-state index in [2.05, 4.69) is 4.98 Å². The molecule has 1 aromatic carbocycles. The van der Waals surface area contributed by atoms with E-state index < -0.39 is 10.0 Å². The van der Waals surface area contributed by atoms with Crippen LogP contribution >= 0.6 is 0 Å². The van der Waals surface area contributed by atoms with Crippen molar-refractivity contribution in [2.75, 3.05) is 31.9 Å². The highest BCUT2D eigenvalue weighted by molar-refractivity contribution is 7.89. The van der Waals surface area contributed by atoms with Crippen molar-refractivity contribution in [3.8, 4) is 0 Å². The number of aromatic nitrogens is 1. The van der Waals surface area contributed by atoms with E-state index in [9.17, 15) is 13.2 Å². The second-order valence-corrected chi connectivity index (χ2v) is 8.36. The molecule has 25 heavy (non-hydrogen) atoms. The molecule has 136 valence electrons. The summed E-state index contributed by atoms with van der Waals surface area (Å²) in [5, 5.41) is 0. The Bertz CT molecular complexity index is 867. The first kappa shape index (κ1) is 17.9. The minimum absolute atomic E-state index is 0.110. The summed E-state index contributed by atoms with van der Waals surface area (Å²) in [6.45, 7) is 5.23. The normalized spacial score (nSPS) is 16.5. The van der Waals surface area contributed by atoms with Crippen molar-refractivity contribution in [1.82, 2.24) is 14.2 Å². The lowest BCUT2D eigenvalue weighted by molar-refractivity contribution is 0.0698. The quantitative estimate of drug-likeness (QED) is 0.809. The van der Waals surface area contributed by atoms with Crippen molar-refractivity contribution in [3.63, 3.8) is 0 Å². The van der Waals surface area contributed by atoms with E-state index in [1.807, 2.05) is 6.92 Å². The fraction of sp³-hybridized carbons (Fsp3) is 0.529. The molecule has 1 aliphatic heterocycles. The van der Waals surface area contributed by atoms with Crippen LogP contribution < -0.4 is 0 Å². The molecule has 1 saturated heterocycles. The van der Waals surface area contributed by atoms with Gasteiger partial charge in [-0.25, -0.2) is 13.4 Å². The number of hydrogen-bond donors (Lipinski definition) is 0. The van der Waals surface area contributed by atoms with Crippen LogP contribution in [-0.4, -0.2) is 60.4 Å². The molecule has 7 nitrogen and oxygen atoms in total. The maximum atomic E-state index is 12.7. The van der Waals surface area contributed by atoms with Gasteiger partial charge in [0.25, 0.3) is 5.91 Å². The van der Waals surface area contributed by atoms with Crippen molar-refractivity contribution in [2.24, 2.45) is 0 Å². The molecular formula is C17H23N3O4S. The van der Waals surface area contributed by atoms with Crippen molar-refractivity contribution < 1.29 is 17.6 Å². The number of carbonyl (C=O) groups is 1. The summed E-state index contributed by atoms with van der Waals surface area (Å²) in [4.78, 5) is 18.6. The fourth-order valence-electron chi connectivity index (χ4n) is 2.98. The average molecular weight is 365 g/mol. The molecule has 0 saturated carbocycles. The molecule has 1 amide bonds. The van der Waals surface area contributed by atoms with Gasteiger partial charge in [-0.2, -0.15) is 4.31 Å². The van der Waals surface area contributed by atoms with E-state index in [1.165, 1.54) is 4.31 Å². The van der Waals surface area contributed by atoms with Crippen LogP contribution in [0.25, 0.3) is 11.1 Å². The summed E-state index contributed by atoms with van der Waals surface area (Å²) in [7, 11) is -3.21. The highest BCUT2D eigenvalue weighted by Gasteiger charge is 2.28. The number of benzene rings is 1. The van der Waals surface area contributed by atoms with Gasteiger partial charge in [0.2, 0.25) is 10.0 Å². The van der Waals surface area contributed by atoms with Gasteiger partial charge in [-0.15, -0.1) is 0 Å². The Balaban J connectivity index is 1.66. The molecule has 0 atom stereocenters. The number of rotatable bonds is 5. The molecule has 0 spiro atoms. The van der Waals surface area contributed by atoms with E-state index in [1.54, 1.807) is 30.0 Å². The van der Waals surface area contributed by atoms with Gasteiger partial charge in [-0.1, -0.05) is 13.3 Å². The van der Waals surface area contributed by atoms with E-state index in [0.717, 1.165) is 11.9 Å². The second-order valence-electron chi connectivity index (χ2n) is 6.28. The number of sulfonamides is 1. The van der Waals surface area contributed by atoms with Crippen LogP contribution in [0.2, 0.25) is 0 Å². The smallest absolute Gasteiger partial charge is 0.254 e. The molecule has 1 fully saturated rings. The number of nitrogens with zero attached hydrogens (tertiary/aromatic N) is 3. The van der Waals surface area contributed by atoms with Crippen molar-refractivity contribution >= 4 is 27.0 Å². The van der Waals surface area contributed by atoms with E-state index >= 15 is 0 Å². The maximum Gasteiger partial charge on any atom is 0.254 e. The predicted molar refractivity (Wildman–Crippen MR) is 94.9 cm³/mol. The third-order valence-electron chi connectivity index (χ3n) is 4.42. The van der Waals surface area contributed by atoms with Crippen LogP contribution in [0.4, 0.5) is 0 Å². The molecule has 2 aromatic rings. The summed E-state index contributed by atoms with van der Waals surface area (Å²) in [6, 6.07) is 5.20. The van der Waals surface area contributed by atoms with Crippen LogP contribution in [0.1, 0.15) is 36.0 Å². The molecule has 0 unspecified atom stereocenters. The molecule has 0 aliphatic carbocycles. The van der Waals surface area contributed by atoms with E-state index in [-0.39, 0.29) is 11.7 Å². The number of carbonyl (C=O) groups excluding carboxylic acids is 1. The molecule has 8 heteroatoms. The number of amides is 1. The Morgan fingerprint density at radius 2 is 1.96 bits per heavy atom. The Labute approximate surface area is 147 Å². The van der Waals surface area contributed by atoms with E-state index in [4.69, 9.17) is 4.42 Å². The molecule has 0 bridgehead atoms. The fourth-order valence-corrected chi connectivity index (χ4v) is 4.61. The van der Waals surface area contributed by atoms with Gasteiger partial charge in [0.1, 0.15) is 5.52 Å². The number of hydrogen-bond acceptors (Lipinski definition) is 5. The third kappa shape index (κ3) is 3.85. The van der Waals surface area contributed by atoms with Gasteiger partial charge in [-0.05, 0) is 24.6 Å². The highest BCUT2D eigenvalue weighted by atomic mass is 32.2. The van der Waals surface area contributed by atoms with Gasteiger partial charge in [0.05, 0.1) is 5.75 Å². The predicted octanol–water partition coefficient (Wildman–Crippen LogP) is 2.02.